The lowest BCUT2D eigenvalue weighted by atomic mass is 9.94. The molecule has 5 rings (SSSR count). The van der Waals surface area contributed by atoms with E-state index in [0.29, 0.717) is 18.8 Å². The Labute approximate surface area is 163 Å². The second-order valence-electron chi connectivity index (χ2n) is 7.71. The summed E-state index contributed by atoms with van der Waals surface area (Å²) in [6.45, 7) is 4.97. The second kappa shape index (κ2) is 6.89. The molecule has 4 heterocycles. The van der Waals surface area contributed by atoms with Crippen LogP contribution in [0.15, 0.2) is 35.1 Å². The number of nitrogens with zero attached hydrogens (tertiary/aromatic N) is 5. The van der Waals surface area contributed by atoms with E-state index in [-0.39, 0.29) is 11.8 Å². The van der Waals surface area contributed by atoms with Crippen molar-refractivity contribution in [3.63, 3.8) is 0 Å². The van der Waals surface area contributed by atoms with Gasteiger partial charge in [-0.3, -0.25) is 4.79 Å². The van der Waals surface area contributed by atoms with Crippen LogP contribution in [0.1, 0.15) is 29.7 Å². The smallest absolute Gasteiger partial charge is 0.263 e. The number of fused-ring (bicyclic) bond motifs is 2. The molecule has 1 amide bonds. The number of rotatable bonds is 2. The average molecular weight is 377 g/mol. The molecule has 28 heavy (non-hydrogen) atoms. The standard InChI is InChI=1S/C21H23N5O2/c1-14-18-19(22-13-23-20(18)28-24-14)25-9-4-7-17(12-25)21(27)26-10-8-15-5-2-3-6-16(15)11-26/h2-3,5-6,13,17H,4,7-12H2,1H3/t17-/m0/s1. The highest BCUT2D eigenvalue weighted by Crippen LogP contribution is 2.30. The maximum absolute atomic E-state index is 13.3. The van der Waals surface area contributed by atoms with Gasteiger partial charge in [0.1, 0.15) is 17.5 Å². The summed E-state index contributed by atoms with van der Waals surface area (Å²) >= 11 is 0. The fraction of sp³-hybridized carbons (Fsp3) is 0.429. The molecular weight excluding hydrogens is 354 g/mol. The van der Waals surface area contributed by atoms with Gasteiger partial charge >= 0.3 is 0 Å². The Morgan fingerprint density at radius 3 is 2.93 bits per heavy atom. The highest BCUT2D eigenvalue weighted by molar-refractivity contribution is 5.88. The third-order valence-electron chi connectivity index (χ3n) is 5.94. The maximum Gasteiger partial charge on any atom is 0.263 e. The predicted molar refractivity (Wildman–Crippen MR) is 105 cm³/mol. The minimum absolute atomic E-state index is 0.0100. The molecule has 1 aromatic carbocycles. The molecule has 3 aromatic rings. The van der Waals surface area contributed by atoms with Gasteiger partial charge in [0.2, 0.25) is 5.91 Å². The fourth-order valence-corrected chi connectivity index (χ4v) is 4.46. The first-order valence-corrected chi connectivity index (χ1v) is 9.88. The van der Waals surface area contributed by atoms with Crippen molar-refractivity contribution in [3.8, 4) is 0 Å². The summed E-state index contributed by atoms with van der Waals surface area (Å²) in [5.74, 6) is 1.07. The molecule has 0 spiro atoms. The molecule has 2 aliphatic rings. The van der Waals surface area contributed by atoms with E-state index in [1.54, 1.807) is 0 Å². The van der Waals surface area contributed by atoms with Crippen molar-refractivity contribution in [2.24, 2.45) is 5.92 Å². The molecule has 2 aliphatic heterocycles. The van der Waals surface area contributed by atoms with Crippen molar-refractivity contribution < 1.29 is 9.32 Å². The van der Waals surface area contributed by atoms with E-state index in [1.165, 1.54) is 17.5 Å². The SMILES string of the molecule is Cc1noc2ncnc(N3CCC[C@H](C(=O)N4CCc5ccccc5C4)C3)c12. The molecule has 1 atom stereocenters. The molecule has 0 saturated carbocycles. The number of aromatic nitrogens is 3. The van der Waals surface area contributed by atoms with Crippen LogP contribution in [-0.4, -0.2) is 45.6 Å². The van der Waals surface area contributed by atoms with Crippen molar-refractivity contribution in [2.75, 3.05) is 24.5 Å². The zero-order valence-corrected chi connectivity index (χ0v) is 16.0. The lowest BCUT2D eigenvalue weighted by Gasteiger charge is -2.37. The quantitative estimate of drug-likeness (QED) is 0.684. The zero-order valence-electron chi connectivity index (χ0n) is 16.0. The van der Waals surface area contributed by atoms with Crippen LogP contribution >= 0.6 is 0 Å². The van der Waals surface area contributed by atoms with Gasteiger partial charge in [0, 0.05) is 26.2 Å². The summed E-state index contributed by atoms with van der Waals surface area (Å²) in [6, 6.07) is 8.43. The van der Waals surface area contributed by atoms with Crippen molar-refractivity contribution in [1.29, 1.82) is 0 Å². The number of hydrogen-bond acceptors (Lipinski definition) is 6. The normalized spacial score (nSPS) is 19.7. The molecule has 0 radical (unpaired) electrons. The Balaban J connectivity index is 1.36. The number of amides is 1. The number of hydrogen-bond donors (Lipinski definition) is 0. The first-order valence-electron chi connectivity index (χ1n) is 9.88. The minimum atomic E-state index is -0.0100. The van der Waals surface area contributed by atoms with Crippen molar-refractivity contribution >= 4 is 22.8 Å². The van der Waals surface area contributed by atoms with Gasteiger partial charge in [0.05, 0.1) is 11.6 Å². The van der Waals surface area contributed by atoms with Crippen LogP contribution in [0.2, 0.25) is 0 Å². The lowest BCUT2D eigenvalue weighted by Crippen LogP contribution is -2.46. The van der Waals surface area contributed by atoms with Crippen molar-refractivity contribution in [1.82, 2.24) is 20.0 Å². The number of carbonyl (C=O) groups is 1. The molecule has 1 fully saturated rings. The topological polar surface area (TPSA) is 75.4 Å². The molecule has 144 valence electrons. The van der Waals surface area contributed by atoms with Crippen molar-refractivity contribution in [3.05, 3.63) is 47.4 Å². The van der Waals surface area contributed by atoms with Gasteiger partial charge in [0.25, 0.3) is 5.71 Å². The summed E-state index contributed by atoms with van der Waals surface area (Å²) in [7, 11) is 0. The largest absolute Gasteiger partial charge is 0.355 e. The molecular formula is C21H23N5O2. The van der Waals surface area contributed by atoms with E-state index in [0.717, 1.165) is 49.2 Å². The summed E-state index contributed by atoms with van der Waals surface area (Å²) in [4.78, 5) is 26.1. The van der Waals surface area contributed by atoms with Crippen LogP contribution in [-0.2, 0) is 17.8 Å². The van der Waals surface area contributed by atoms with E-state index in [2.05, 4.69) is 44.3 Å². The Bertz CT molecular complexity index is 1030. The van der Waals surface area contributed by atoms with Gasteiger partial charge in [-0.15, -0.1) is 0 Å². The highest BCUT2D eigenvalue weighted by atomic mass is 16.5. The highest BCUT2D eigenvalue weighted by Gasteiger charge is 2.32. The van der Waals surface area contributed by atoms with Gasteiger partial charge in [-0.2, -0.15) is 4.98 Å². The summed E-state index contributed by atoms with van der Waals surface area (Å²) in [5.41, 5.74) is 3.92. The first-order chi connectivity index (χ1) is 13.7. The van der Waals surface area contributed by atoms with E-state index < -0.39 is 0 Å². The molecule has 0 unspecified atom stereocenters. The van der Waals surface area contributed by atoms with E-state index in [9.17, 15) is 4.79 Å². The maximum atomic E-state index is 13.3. The molecule has 7 nitrogen and oxygen atoms in total. The molecule has 7 heteroatoms. The summed E-state index contributed by atoms with van der Waals surface area (Å²) in [5, 5.41) is 4.87. The van der Waals surface area contributed by atoms with E-state index in [1.807, 2.05) is 11.8 Å². The predicted octanol–water partition coefficient (Wildman–Crippen LogP) is 2.73. The number of carbonyl (C=O) groups excluding carboxylic acids is 1. The monoisotopic (exact) mass is 377 g/mol. The van der Waals surface area contributed by atoms with Crippen LogP contribution in [0.4, 0.5) is 5.82 Å². The molecule has 0 N–H and O–H groups in total. The van der Waals surface area contributed by atoms with E-state index >= 15 is 0 Å². The van der Waals surface area contributed by atoms with Gasteiger partial charge in [-0.25, -0.2) is 4.98 Å². The van der Waals surface area contributed by atoms with Crippen LogP contribution in [0.3, 0.4) is 0 Å². The van der Waals surface area contributed by atoms with Crippen LogP contribution in [0, 0.1) is 12.8 Å². The number of anilines is 1. The van der Waals surface area contributed by atoms with Crippen LogP contribution in [0.5, 0.6) is 0 Å². The number of benzene rings is 1. The lowest BCUT2D eigenvalue weighted by molar-refractivity contribution is -0.136. The second-order valence-corrected chi connectivity index (χ2v) is 7.71. The Morgan fingerprint density at radius 2 is 2.04 bits per heavy atom. The third-order valence-corrected chi connectivity index (χ3v) is 5.94. The van der Waals surface area contributed by atoms with Crippen LogP contribution in [0.25, 0.3) is 11.1 Å². The first kappa shape index (κ1) is 17.2. The van der Waals surface area contributed by atoms with E-state index in [4.69, 9.17) is 4.52 Å². The third kappa shape index (κ3) is 2.91. The van der Waals surface area contributed by atoms with Gasteiger partial charge in [-0.05, 0) is 37.3 Å². The van der Waals surface area contributed by atoms with Crippen LogP contribution < -0.4 is 4.90 Å². The molecule has 0 bridgehead atoms. The van der Waals surface area contributed by atoms with Gasteiger partial charge < -0.3 is 14.3 Å². The number of aryl methyl sites for hydroxylation is 1. The van der Waals surface area contributed by atoms with Gasteiger partial charge in [-0.1, -0.05) is 29.4 Å². The Kier molecular flexibility index (Phi) is 4.22. The van der Waals surface area contributed by atoms with Gasteiger partial charge in [0.15, 0.2) is 0 Å². The Hall–Kier alpha value is -2.96. The molecule has 1 saturated heterocycles. The summed E-state index contributed by atoms with van der Waals surface area (Å²) in [6.07, 6.45) is 4.33. The average Bonchev–Trinajstić information content (AvgIpc) is 3.14. The molecule has 0 aliphatic carbocycles. The summed E-state index contributed by atoms with van der Waals surface area (Å²) < 4.78 is 5.28. The fourth-order valence-electron chi connectivity index (χ4n) is 4.46. The van der Waals surface area contributed by atoms with Crippen molar-refractivity contribution in [2.45, 2.75) is 32.7 Å². The molecule has 2 aromatic heterocycles. The Morgan fingerprint density at radius 1 is 1.18 bits per heavy atom. The zero-order chi connectivity index (χ0) is 19.1. The minimum Gasteiger partial charge on any atom is -0.355 e. The number of piperidine rings is 1.